The Morgan fingerprint density at radius 3 is 2.80 bits per heavy atom. The lowest BCUT2D eigenvalue weighted by atomic mass is 10.0. The molecule has 6 nitrogen and oxygen atoms in total. The smallest absolute Gasteiger partial charge is 0.272 e. The SMILES string of the molecule is CN1CCn2nc(C(=O)N[C@H](c3ccccc3)c3ccco3)cc2C1. The molecule has 25 heavy (non-hydrogen) atoms. The first kappa shape index (κ1) is 15.7. The number of benzene rings is 1. The molecule has 0 radical (unpaired) electrons. The molecular formula is C19H20N4O2. The van der Waals surface area contributed by atoms with Gasteiger partial charge >= 0.3 is 0 Å². The van der Waals surface area contributed by atoms with E-state index in [9.17, 15) is 4.79 Å². The van der Waals surface area contributed by atoms with Crippen LogP contribution in [0.25, 0.3) is 0 Å². The summed E-state index contributed by atoms with van der Waals surface area (Å²) in [7, 11) is 2.07. The molecule has 6 heteroatoms. The lowest BCUT2D eigenvalue weighted by Gasteiger charge is -2.22. The predicted molar refractivity (Wildman–Crippen MR) is 93.0 cm³/mol. The zero-order chi connectivity index (χ0) is 17.2. The van der Waals surface area contributed by atoms with Gasteiger partial charge in [0, 0.05) is 13.1 Å². The number of carbonyl (C=O) groups excluding carboxylic acids is 1. The molecule has 3 heterocycles. The van der Waals surface area contributed by atoms with Gasteiger partial charge < -0.3 is 9.73 Å². The summed E-state index contributed by atoms with van der Waals surface area (Å²) in [5.74, 6) is 0.498. The topological polar surface area (TPSA) is 63.3 Å². The molecule has 3 aromatic rings. The van der Waals surface area contributed by atoms with Crippen molar-refractivity contribution in [3.8, 4) is 0 Å². The standard InChI is InChI=1S/C19H20N4O2/c1-22-9-10-23-15(13-22)12-16(21-23)19(24)20-18(17-8-5-11-25-17)14-6-3-2-4-7-14/h2-8,11-12,18H,9-10,13H2,1H3,(H,20,24)/t18-/m1/s1. The molecule has 0 saturated carbocycles. The molecule has 1 N–H and O–H groups in total. The number of hydrogen-bond donors (Lipinski definition) is 1. The number of furan rings is 1. The van der Waals surface area contributed by atoms with E-state index in [1.807, 2.05) is 53.2 Å². The average molecular weight is 336 g/mol. The summed E-state index contributed by atoms with van der Waals surface area (Å²) in [6.07, 6.45) is 1.61. The van der Waals surface area contributed by atoms with Gasteiger partial charge in [0.05, 0.1) is 18.5 Å². The summed E-state index contributed by atoms with van der Waals surface area (Å²) in [5.41, 5.74) is 2.47. The summed E-state index contributed by atoms with van der Waals surface area (Å²) < 4.78 is 7.45. The van der Waals surface area contributed by atoms with Crippen molar-refractivity contribution in [1.82, 2.24) is 20.0 Å². The van der Waals surface area contributed by atoms with Crippen LogP contribution in [0.1, 0.15) is 33.5 Å². The monoisotopic (exact) mass is 336 g/mol. The van der Waals surface area contributed by atoms with E-state index in [0.717, 1.165) is 30.9 Å². The van der Waals surface area contributed by atoms with Crippen LogP contribution < -0.4 is 5.32 Å². The van der Waals surface area contributed by atoms with Gasteiger partial charge in [-0.1, -0.05) is 30.3 Å². The Hall–Kier alpha value is -2.86. The van der Waals surface area contributed by atoms with Crippen molar-refractivity contribution >= 4 is 5.91 Å². The first-order valence-corrected chi connectivity index (χ1v) is 8.35. The van der Waals surface area contributed by atoms with E-state index in [1.165, 1.54) is 0 Å². The largest absolute Gasteiger partial charge is 0.467 e. The lowest BCUT2D eigenvalue weighted by Crippen LogP contribution is -2.31. The molecule has 0 saturated heterocycles. The van der Waals surface area contributed by atoms with Crippen molar-refractivity contribution in [2.45, 2.75) is 19.1 Å². The van der Waals surface area contributed by atoms with E-state index in [0.29, 0.717) is 11.5 Å². The number of likely N-dealkylation sites (N-methyl/N-ethyl adjacent to an activating group) is 1. The molecular weight excluding hydrogens is 316 g/mol. The Balaban J connectivity index is 1.59. The number of rotatable bonds is 4. The van der Waals surface area contributed by atoms with Crippen LogP contribution in [0.3, 0.4) is 0 Å². The zero-order valence-corrected chi connectivity index (χ0v) is 14.1. The molecule has 1 aromatic carbocycles. The minimum atomic E-state index is -0.342. The van der Waals surface area contributed by atoms with Gasteiger partial charge in [-0.25, -0.2) is 0 Å². The van der Waals surface area contributed by atoms with E-state index in [1.54, 1.807) is 6.26 Å². The summed E-state index contributed by atoms with van der Waals surface area (Å²) in [5, 5.41) is 7.51. The molecule has 0 aliphatic carbocycles. The van der Waals surface area contributed by atoms with Gasteiger partial charge in [-0.3, -0.25) is 14.4 Å². The number of fused-ring (bicyclic) bond motifs is 1. The van der Waals surface area contributed by atoms with Crippen molar-refractivity contribution in [3.63, 3.8) is 0 Å². The fraction of sp³-hybridized carbons (Fsp3) is 0.263. The molecule has 1 atom stereocenters. The summed E-state index contributed by atoms with van der Waals surface area (Å²) in [6.45, 7) is 2.55. The second kappa shape index (κ2) is 6.57. The maximum atomic E-state index is 12.8. The van der Waals surface area contributed by atoms with Gasteiger partial charge in [-0.2, -0.15) is 5.10 Å². The third kappa shape index (κ3) is 3.21. The van der Waals surface area contributed by atoms with Crippen LogP contribution in [0.15, 0.2) is 59.2 Å². The number of aromatic nitrogens is 2. The summed E-state index contributed by atoms with van der Waals surface area (Å²) in [6, 6.07) is 15.0. The Bertz CT molecular complexity index is 855. The molecule has 1 amide bonds. The van der Waals surface area contributed by atoms with E-state index in [4.69, 9.17) is 4.42 Å². The van der Waals surface area contributed by atoms with Crippen molar-refractivity contribution < 1.29 is 9.21 Å². The fourth-order valence-corrected chi connectivity index (χ4v) is 3.13. The van der Waals surface area contributed by atoms with Crippen LogP contribution in [0.5, 0.6) is 0 Å². The summed E-state index contributed by atoms with van der Waals surface area (Å²) >= 11 is 0. The van der Waals surface area contributed by atoms with Crippen molar-refractivity contribution in [2.24, 2.45) is 0 Å². The molecule has 1 aliphatic heterocycles. The van der Waals surface area contributed by atoms with Crippen LogP contribution in [0, 0.1) is 0 Å². The second-order valence-corrected chi connectivity index (χ2v) is 6.31. The highest BCUT2D eigenvalue weighted by atomic mass is 16.3. The van der Waals surface area contributed by atoms with Gasteiger partial charge in [0.25, 0.3) is 5.91 Å². The van der Waals surface area contributed by atoms with Gasteiger partial charge in [-0.15, -0.1) is 0 Å². The number of nitrogens with zero attached hydrogens (tertiary/aromatic N) is 3. The average Bonchev–Trinajstić information content (AvgIpc) is 3.29. The predicted octanol–water partition coefficient (Wildman–Crippen LogP) is 2.44. The Morgan fingerprint density at radius 2 is 2.04 bits per heavy atom. The highest BCUT2D eigenvalue weighted by Crippen LogP contribution is 2.23. The molecule has 0 spiro atoms. The van der Waals surface area contributed by atoms with Crippen molar-refractivity contribution in [2.75, 3.05) is 13.6 Å². The fourth-order valence-electron chi connectivity index (χ4n) is 3.13. The molecule has 0 unspecified atom stereocenters. The highest BCUT2D eigenvalue weighted by Gasteiger charge is 2.23. The van der Waals surface area contributed by atoms with Crippen LogP contribution in [0.4, 0.5) is 0 Å². The maximum absolute atomic E-state index is 12.8. The third-order valence-electron chi connectivity index (χ3n) is 4.46. The third-order valence-corrected chi connectivity index (χ3v) is 4.46. The maximum Gasteiger partial charge on any atom is 0.272 e. The van der Waals surface area contributed by atoms with Crippen LogP contribution in [-0.2, 0) is 13.1 Å². The highest BCUT2D eigenvalue weighted by molar-refractivity contribution is 5.92. The number of nitrogens with one attached hydrogen (secondary N) is 1. The van der Waals surface area contributed by atoms with Crippen molar-refractivity contribution in [1.29, 1.82) is 0 Å². The molecule has 4 rings (SSSR count). The number of carbonyl (C=O) groups is 1. The van der Waals surface area contributed by atoms with E-state index >= 15 is 0 Å². The Morgan fingerprint density at radius 1 is 1.20 bits per heavy atom. The summed E-state index contributed by atoms with van der Waals surface area (Å²) in [4.78, 5) is 15.0. The van der Waals surface area contributed by atoms with Gasteiger partial charge in [-0.05, 0) is 30.8 Å². The van der Waals surface area contributed by atoms with E-state index in [2.05, 4.69) is 22.4 Å². The van der Waals surface area contributed by atoms with Crippen molar-refractivity contribution in [3.05, 3.63) is 77.5 Å². The quantitative estimate of drug-likeness (QED) is 0.795. The first-order chi connectivity index (χ1) is 12.2. The van der Waals surface area contributed by atoms with Crippen LogP contribution >= 0.6 is 0 Å². The minimum absolute atomic E-state index is 0.199. The lowest BCUT2D eigenvalue weighted by molar-refractivity contribution is 0.0933. The van der Waals surface area contributed by atoms with Crippen LogP contribution in [0.2, 0.25) is 0 Å². The molecule has 1 aliphatic rings. The van der Waals surface area contributed by atoms with E-state index < -0.39 is 0 Å². The molecule has 0 bridgehead atoms. The Kier molecular flexibility index (Phi) is 4.11. The molecule has 2 aromatic heterocycles. The first-order valence-electron chi connectivity index (χ1n) is 8.35. The Labute approximate surface area is 146 Å². The normalized spacial score (nSPS) is 15.6. The number of amides is 1. The molecule has 0 fully saturated rings. The second-order valence-electron chi connectivity index (χ2n) is 6.31. The van der Waals surface area contributed by atoms with Gasteiger partial charge in [0.1, 0.15) is 11.8 Å². The molecule has 128 valence electrons. The minimum Gasteiger partial charge on any atom is -0.467 e. The van der Waals surface area contributed by atoms with Gasteiger partial charge in [0.15, 0.2) is 5.69 Å². The van der Waals surface area contributed by atoms with Crippen LogP contribution in [-0.4, -0.2) is 34.2 Å². The van der Waals surface area contributed by atoms with Gasteiger partial charge in [0.2, 0.25) is 0 Å². The zero-order valence-electron chi connectivity index (χ0n) is 14.1. The number of hydrogen-bond acceptors (Lipinski definition) is 4. The van der Waals surface area contributed by atoms with E-state index in [-0.39, 0.29) is 11.9 Å².